The maximum atomic E-state index is 12.7. The number of hydrogen-bond acceptors (Lipinski definition) is 6. The number of rotatable bonds is 6. The zero-order valence-corrected chi connectivity index (χ0v) is 12.1. The van der Waals surface area contributed by atoms with Crippen molar-refractivity contribution in [3.8, 4) is 5.75 Å². The molecule has 0 aromatic heterocycles. The Bertz CT molecular complexity index is 531. The highest BCUT2D eigenvalue weighted by molar-refractivity contribution is 5.93. The average Bonchev–Trinajstić information content (AvgIpc) is 2.47. The van der Waals surface area contributed by atoms with Crippen LogP contribution >= 0.6 is 0 Å². The van der Waals surface area contributed by atoms with Crippen molar-refractivity contribution in [2.75, 3.05) is 13.2 Å². The Hall–Kier alpha value is -2.64. The van der Waals surface area contributed by atoms with E-state index in [-0.39, 0.29) is 12.4 Å². The van der Waals surface area contributed by atoms with Crippen LogP contribution in [0, 0.1) is 5.82 Å². The largest absolute Gasteiger partial charge is 0.479 e. The number of benzene rings is 1. The van der Waals surface area contributed by atoms with E-state index in [1.165, 1.54) is 31.2 Å². The van der Waals surface area contributed by atoms with Crippen molar-refractivity contribution < 1.29 is 33.0 Å². The van der Waals surface area contributed by atoms with Gasteiger partial charge in [-0.15, -0.1) is 0 Å². The third kappa shape index (κ3) is 6.21. The van der Waals surface area contributed by atoms with E-state index in [0.29, 0.717) is 0 Å². The first-order valence-corrected chi connectivity index (χ1v) is 6.47. The average molecular weight is 313 g/mol. The lowest BCUT2D eigenvalue weighted by atomic mass is 10.3. The third-order valence-corrected chi connectivity index (χ3v) is 2.32. The number of nitrogens with one attached hydrogen (secondary N) is 1. The van der Waals surface area contributed by atoms with Gasteiger partial charge in [0.1, 0.15) is 11.6 Å². The molecule has 120 valence electrons. The number of hydrogen-bond donors (Lipinski definition) is 1. The molecule has 0 radical (unpaired) electrons. The Morgan fingerprint density at radius 2 is 1.82 bits per heavy atom. The fourth-order valence-corrected chi connectivity index (χ4v) is 1.34. The molecule has 0 aliphatic rings. The molecule has 1 rings (SSSR count). The number of carbonyl (C=O) groups is 3. The number of imide groups is 1. The first kappa shape index (κ1) is 17.4. The molecule has 1 aromatic rings. The van der Waals surface area contributed by atoms with Gasteiger partial charge in [-0.1, -0.05) is 0 Å². The van der Waals surface area contributed by atoms with Crippen molar-refractivity contribution in [3.63, 3.8) is 0 Å². The molecule has 1 N–H and O–H groups in total. The Morgan fingerprint density at radius 3 is 2.41 bits per heavy atom. The molecule has 0 spiro atoms. The van der Waals surface area contributed by atoms with Crippen LogP contribution in [0.3, 0.4) is 0 Å². The summed E-state index contributed by atoms with van der Waals surface area (Å²) >= 11 is 0. The molecule has 7 nitrogen and oxygen atoms in total. The van der Waals surface area contributed by atoms with Crippen LogP contribution in [-0.4, -0.2) is 37.3 Å². The van der Waals surface area contributed by atoms with E-state index in [2.05, 4.69) is 9.47 Å². The second-order valence-corrected chi connectivity index (χ2v) is 4.09. The highest BCUT2D eigenvalue weighted by atomic mass is 19.1. The van der Waals surface area contributed by atoms with E-state index >= 15 is 0 Å². The number of amides is 2. The Labute approximate surface area is 126 Å². The van der Waals surface area contributed by atoms with Gasteiger partial charge in [0.05, 0.1) is 6.61 Å². The summed E-state index contributed by atoms with van der Waals surface area (Å²) in [5.74, 6) is -1.77. The molecule has 2 amide bonds. The van der Waals surface area contributed by atoms with Crippen LogP contribution in [0.4, 0.5) is 9.18 Å². The zero-order chi connectivity index (χ0) is 16.5. The summed E-state index contributed by atoms with van der Waals surface area (Å²) in [6, 6.07) is 5.07. The van der Waals surface area contributed by atoms with E-state index in [4.69, 9.17) is 4.74 Å². The Morgan fingerprint density at radius 1 is 1.18 bits per heavy atom. The van der Waals surface area contributed by atoms with Gasteiger partial charge in [0.2, 0.25) is 0 Å². The molecule has 0 fully saturated rings. The second-order valence-electron chi connectivity index (χ2n) is 4.09. The van der Waals surface area contributed by atoms with E-state index in [0.717, 1.165) is 0 Å². The number of halogens is 1. The molecule has 0 heterocycles. The molecule has 22 heavy (non-hydrogen) atoms. The number of carbonyl (C=O) groups excluding carboxylic acids is 3. The molecule has 1 atom stereocenters. The lowest BCUT2D eigenvalue weighted by Crippen LogP contribution is -2.36. The van der Waals surface area contributed by atoms with Crippen LogP contribution < -0.4 is 10.1 Å². The quantitative estimate of drug-likeness (QED) is 0.799. The summed E-state index contributed by atoms with van der Waals surface area (Å²) in [7, 11) is 0. The smallest absolute Gasteiger partial charge is 0.413 e. The number of alkyl carbamates (subject to hydrolysis) is 1. The van der Waals surface area contributed by atoms with Crippen molar-refractivity contribution in [2.24, 2.45) is 0 Å². The van der Waals surface area contributed by atoms with Gasteiger partial charge in [-0.05, 0) is 38.1 Å². The lowest BCUT2D eigenvalue weighted by molar-refractivity contribution is -0.154. The monoisotopic (exact) mass is 313 g/mol. The van der Waals surface area contributed by atoms with Crippen molar-refractivity contribution in [1.29, 1.82) is 0 Å². The number of ether oxygens (including phenoxy) is 3. The van der Waals surface area contributed by atoms with Gasteiger partial charge in [0.15, 0.2) is 12.7 Å². The van der Waals surface area contributed by atoms with Crippen LogP contribution in [0.1, 0.15) is 13.8 Å². The van der Waals surface area contributed by atoms with Gasteiger partial charge >= 0.3 is 12.1 Å². The van der Waals surface area contributed by atoms with E-state index < -0.39 is 36.5 Å². The zero-order valence-electron chi connectivity index (χ0n) is 12.1. The van der Waals surface area contributed by atoms with Crippen LogP contribution in [-0.2, 0) is 19.1 Å². The normalized spacial score (nSPS) is 11.2. The van der Waals surface area contributed by atoms with Crippen LogP contribution in [0.2, 0.25) is 0 Å². The molecular formula is C14H16FNO6. The van der Waals surface area contributed by atoms with Gasteiger partial charge in [-0.2, -0.15) is 0 Å². The van der Waals surface area contributed by atoms with Crippen molar-refractivity contribution in [1.82, 2.24) is 5.32 Å². The summed E-state index contributed by atoms with van der Waals surface area (Å²) in [6.07, 6.45) is -1.92. The highest BCUT2D eigenvalue weighted by Gasteiger charge is 2.18. The summed E-state index contributed by atoms with van der Waals surface area (Å²) in [6.45, 7) is 2.46. The predicted octanol–water partition coefficient (Wildman–Crippen LogP) is 1.41. The highest BCUT2D eigenvalue weighted by Crippen LogP contribution is 2.13. The molecule has 0 bridgehead atoms. The van der Waals surface area contributed by atoms with Gasteiger partial charge in [-0.25, -0.2) is 14.0 Å². The van der Waals surface area contributed by atoms with E-state index in [1.54, 1.807) is 6.92 Å². The van der Waals surface area contributed by atoms with Crippen LogP contribution in [0.15, 0.2) is 24.3 Å². The molecule has 8 heteroatoms. The lowest BCUT2D eigenvalue weighted by Gasteiger charge is -2.13. The SMILES string of the molecule is CCOC(=O)NC(=O)COC(=O)[C@H](C)Oc1ccc(F)cc1. The standard InChI is InChI=1S/C14H16FNO6/c1-3-20-14(19)16-12(17)8-21-13(18)9(2)22-11-6-4-10(15)5-7-11/h4-7,9H,3,8H2,1-2H3,(H,16,17,19)/t9-/m0/s1. The number of esters is 1. The van der Waals surface area contributed by atoms with E-state index in [9.17, 15) is 18.8 Å². The van der Waals surface area contributed by atoms with E-state index in [1.807, 2.05) is 5.32 Å². The van der Waals surface area contributed by atoms with Gasteiger partial charge in [-0.3, -0.25) is 10.1 Å². The molecule has 0 saturated carbocycles. The molecule has 0 unspecified atom stereocenters. The third-order valence-electron chi connectivity index (χ3n) is 2.32. The minimum Gasteiger partial charge on any atom is -0.479 e. The van der Waals surface area contributed by atoms with Crippen LogP contribution in [0.25, 0.3) is 0 Å². The summed E-state index contributed by atoms with van der Waals surface area (Å²) in [5, 5.41) is 1.87. The fourth-order valence-electron chi connectivity index (χ4n) is 1.34. The molecule has 0 aliphatic heterocycles. The Kier molecular flexibility index (Phi) is 6.81. The molecule has 0 saturated heterocycles. The summed E-state index contributed by atoms with van der Waals surface area (Å²) in [4.78, 5) is 33.8. The molecular weight excluding hydrogens is 297 g/mol. The van der Waals surface area contributed by atoms with Crippen molar-refractivity contribution >= 4 is 18.0 Å². The van der Waals surface area contributed by atoms with Gasteiger partial charge < -0.3 is 14.2 Å². The van der Waals surface area contributed by atoms with Gasteiger partial charge in [0.25, 0.3) is 5.91 Å². The Balaban J connectivity index is 2.36. The van der Waals surface area contributed by atoms with Crippen molar-refractivity contribution in [2.45, 2.75) is 20.0 Å². The fraction of sp³-hybridized carbons (Fsp3) is 0.357. The maximum Gasteiger partial charge on any atom is 0.413 e. The summed E-state index contributed by atoms with van der Waals surface area (Å²) < 4.78 is 27.1. The first-order valence-electron chi connectivity index (χ1n) is 6.47. The van der Waals surface area contributed by atoms with Gasteiger partial charge in [0, 0.05) is 0 Å². The minimum absolute atomic E-state index is 0.113. The maximum absolute atomic E-state index is 12.7. The summed E-state index contributed by atoms with van der Waals surface area (Å²) in [5.41, 5.74) is 0. The molecule has 0 aliphatic carbocycles. The van der Waals surface area contributed by atoms with Crippen LogP contribution in [0.5, 0.6) is 5.75 Å². The first-order chi connectivity index (χ1) is 10.4. The topological polar surface area (TPSA) is 90.9 Å². The second kappa shape index (κ2) is 8.60. The predicted molar refractivity (Wildman–Crippen MR) is 72.6 cm³/mol. The molecule has 1 aromatic carbocycles. The minimum atomic E-state index is -0.999. The van der Waals surface area contributed by atoms with Crippen molar-refractivity contribution in [3.05, 3.63) is 30.1 Å².